The van der Waals surface area contributed by atoms with Gasteiger partial charge >= 0.3 is 0 Å². The molecule has 0 N–H and O–H groups in total. The quantitative estimate of drug-likeness (QED) is 0.780. The van der Waals surface area contributed by atoms with Crippen LogP contribution in [-0.2, 0) is 23.0 Å². The molecule has 1 aromatic heterocycles. The number of hydrogen-bond donors (Lipinski definition) is 0. The minimum absolute atomic E-state index is 0.169. The minimum atomic E-state index is -3.15. The monoisotopic (exact) mass is 371 g/mol. The number of rotatable bonds is 6. The van der Waals surface area contributed by atoms with E-state index in [4.69, 9.17) is 0 Å². The molecule has 26 heavy (non-hydrogen) atoms. The lowest BCUT2D eigenvalue weighted by atomic mass is 9.74. The van der Waals surface area contributed by atoms with Gasteiger partial charge in [-0.1, -0.05) is 36.4 Å². The molecule has 0 unspecified atom stereocenters. The molecule has 1 spiro atoms. The summed E-state index contributed by atoms with van der Waals surface area (Å²) >= 11 is 0. The summed E-state index contributed by atoms with van der Waals surface area (Å²) in [6.45, 7) is 6.21. The maximum absolute atomic E-state index is 12.5. The van der Waals surface area contributed by atoms with E-state index in [-0.39, 0.29) is 11.2 Å². The smallest absolute Gasteiger partial charge is 0.214 e. The van der Waals surface area contributed by atoms with Crippen molar-refractivity contribution in [3.05, 3.63) is 65.5 Å². The van der Waals surface area contributed by atoms with E-state index in [1.165, 1.54) is 5.56 Å². The number of sulfonamides is 1. The van der Waals surface area contributed by atoms with Gasteiger partial charge in [-0.3, -0.25) is 9.88 Å². The van der Waals surface area contributed by atoms with E-state index in [1.54, 1.807) is 4.31 Å². The molecule has 0 aliphatic carbocycles. The Morgan fingerprint density at radius 3 is 2.46 bits per heavy atom. The molecular weight excluding hydrogens is 346 g/mol. The number of aryl methyl sites for hydroxylation is 2. The van der Waals surface area contributed by atoms with Gasteiger partial charge in [0.25, 0.3) is 0 Å². The normalized spacial score (nSPS) is 19.9. The highest BCUT2D eigenvalue weighted by molar-refractivity contribution is 7.89. The number of aromatic nitrogens is 1. The van der Waals surface area contributed by atoms with Crippen molar-refractivity contribution in [3.8, 4) is 0 Å². The Bertz CT molecular complexity index is 869. The van der Waals surface area contributed by atoms with E-state index in [2.05, 4.69) is 22.9 Å². The Balaban J connectivity index is 1.26. The zero-order valence-corrected chi connectivity index (χ0v) is 16.0. The topological polar surface area (TPSA) is 53.5 Å². The average molecular weight is 372 g/mol. The SMILES string of the molecule is Cc1cccnc1CN1CC2(C1)CN(S(=O)(=O)CCc1ccccc1)C2. The van der Waals surface area contributed by atoms with Gasteiger partial charge in [0.2, 0.25) is 10.0 Å². The Hall–Kier alpha value is -1.76. The molecule has 2 aromatic rings. The third kappa shape index (κ3) is 3.54. The average Bonchev–Trinajstić information content (AvgIpc) is 2.56. The van der Waals surface area contributed by atoms with Crippen LogP contribution in [0.1, 0.15) is 16.8 Å². The molecule has 0 bridgehead atoms. The van der Waals surface area contributed by atoms with Crippen LogP contribution in [0.15, 0.2) is 48.7 Å². The van der Waals surface area contributed by atoms with E-state index in [1.807, 2.05) is 42.6 Å². The van der Waals surface area contributed by atoms with Gasteiger partial charge in [-0.15, -0.1) is 0 Å². The van der Waals surface area contributed by atoms with Crippen LogP contribution in [0.4, 0.5) is 0 Å². The first-order chi connectivity index (χ1) is 12.5. The van der Waals surface area contributed by atoms with E-state index in [0.29, 0.717) is 19.5 Å². The molecule has 0 amide bonds. The number of nitrogens with zero attached hydrogens (tertiary/aromatic N) is 3. The fraction of sp³-hybridized carbons (Fsp3) is 0.450. The first-order valence-corrected chi connectivity index (χ1v) is 10.7. The van der Waals surface area contributed by atoms with Crippen molar-refractivity contribution >= 4 is 10.0 Å². The lowest BCUT2D eigenvalue weighted by molar-refractivity contribution is -0.0851. The van der Waals surface area contributed by atoms with Crippen LogP contribution >= 0.6 is 0 Å². The second-order valence-electron chi connectivity index (χ2n) is 7.73. The van der Waals surface area contributed by atoms with Gasteiger partial charge in [0, 0.05) is 44.3 Å². The van der Waals surface area contributed by atoms with Gasteiger partial charge < -0.3 is 0 Å². The molecule has 2 aliphatic rings. The maximum atomic E-state index is 12.5. The van der Waals surface area contributed by atoms with Crippen LogP contribution in [-0.4, -0.2) is 54.5 Å². The summed E-state index contributed by atoms with van der Waals surface area (Å²) in [5.41, 5.74) is 3.58. The molecule has 2 aliphatic heterocycles. The van der Waals surface area contributed by atoms with E-state index < -0.39 is 10.0 Å². The molecule has 6 heteroatoms. The highest BCUT2D eigenvalue weighted by Gasteiger charge is 2.54. The lowest BCUT2D eigenvalue weighted by Gasteiger charge is -2.59. The number of benzene rings is 1. The largest absolute Gasteiger partial charge is 0.296 e. The highest BCUT2D eigenvalue weighted by Crippen LogP contribution is 2.41. The van der Waals surface area contributed by atoms with Crippen LogP contribution in [0.2, 0.25) is 0 Å². The number of pyridine rings is 1. The van der Waals surface area contributed by atoms with Gasteiger partial charge in [-0.2, -0.15) is 0 Å². The van der Waals surface area contributed by atoms with Crippen molar-refractivity contribution in [2.45, 2.75) is 19.9 Å². The fourth-order valence-corrected chi connectivity index (χ4v) is 5.72. The molecule has 2 saturated heterocycles. The molecule has 138 valence electrons. The molecule has 0 atom stereocenters. The van der Waals surface area contributed by atoms with Crippen LogP contribution in [0.3, 0.4) is 0 Å². The van der Waals surface area contributed by atoms with E-state index in [9.17, 15) is 8.42 Å². The molecule has 0 radical (unpaired) electrons. The third-order valence-electron chi connectivity index (χ3n) is 5.52. The van der Waals surface area contributed by atoms with Crippen molar-refractivity contribution in [1.82, 2.24) is 14.2 Å². The fourth-order valence-electron chi connectivity index (χ4n) is 4.03. The van der Waals surface area contributed by atoms with Gasteiger partial charge in [-0.25, -0.2) is 12.7 Å². The van der Waals surface area contributed by atoms with Gasteiger partial charge in [0.1, 0.15) is 0 Å². The van der Waals surface area contributed by atoms with Crippen molar-refractivity contribution in [3.63, 3.8) is 0 Å². The van der Waals surface area contributed by atoms with Crippen LogP contribution in [0.5, 0.6) is 0 Å². The minimum Gasteiger partial charge on any atom is -0.296 e. The van der Waals surface area contributed by atoms with E-state index >= 15 is 0 Å². The van der Waals surface area contributed by atoms with Crippen molar-refractivity contribution in [2.24, 2.45) is 5.41 Å². The van der Waals surface area contributed by atoms with Gasteiger partial charge in [0.05, 0.1) is 11.4 Å². The van der Waals surface area contributed by atoms with Crippen molar-refractivity contribution in [2.75, 3.05) is 31.9 Å². The van der Waals surface area contributed by atoms with Crippen molar-refractivity contribution < 1.29 is 8.42 Å². The second kappa shape index (κ2) is 6.76. The molecule has 3 heterocycles. The van der Waals surface area contributed by atoms with Gasteiger partial charge in [0.15, 0.2) is 0 Å². The predicted molar refractivity (Wildman–Crippen MR) is 102 cm³/mol. The van der Waals surface area contributed by atoms with E-state index in [0.717, 1.165) is 30.9 Å². The molecule has 2 fully saturated rings. The number of hydrogen-bond acceptors (Lipinski definition) is 4. The first-order valence-electron chi connectivity index (χ1n) is 9.10. The summed E-state index contributed by atoms with van der Waals surface area (Å²) in [6.07, 6.45) is 2.42. The summed E-state index contributed by atoms with van der Waals surface area (Å²) < 4.78 is 26.7. The van der Waals surface area contributed by atoms with Crippen LogP contribution in [0.25, 0.3) is 0 Å². The summed E-state index contributed by atoms with van der Waals surface area (Å²) in [7, 11) is -3.15. The van der Waals surface area contributed by atoms with Crippen LogP contribution < -0.4 is 0 Å². The Labute approximate surface area is 155 Å². The molecule has 4 rings (SSSR count). The Kier molecular flexibility index (Phi) is 4.59. The summed E-state index contributed by atoms with van der Waals surface area (Å²) in [5.74, 6) is 0.198. The van der Waals surface area contributed by atoms with Crippen LogP contribution in [0, 0.1) is 12.3 Å². The maximum Gasteiger partial charge on any atom is 0.214 e. The molecule has 1 aromatic carbocycles. The molecule has 0 saturated carbocycles. The predicted octanol–water partition coefficient (Wildman–Crippen LogP) is 2.08. The molecule has 5 nitrogen and oxygen atoms in total. The number of likely N-dealkylation sites (tertiary alicyclic amines) is 1. The summed E-state index contributed by atoms with van der Waals surface area (Å²) in [6, 6.07) is 13.9. The third-order valence-corrected chi connectivity index (χ3v) is 7.28. The molecular formula is C20H25N3O2S. The Morgan fingerprint density at radius 2 is 1.77 bits per heavy atom. The summed E-state index contributed by atoms with van der Waals surface area (Å²) in [5, 5.41) is 0. The standard InChI is InChI=1S/C20H25N3O2S/c1-17-6-5-10-21-19(17)12-22-13-20(14-22)15-23(16-20)26(24,25)11-9-18-7-3-2-4-8-18/h2-8,10H,9,11-16H2,1H3. The van der Waals surface area contributed by atoms with Gasteiger partial charge in [-0.05, 0) is 30.5 Å². The lowest BCUT2D eigenvalue weighted by Crippen LogP contribution is -2.72. The zero-order valence-electron chi connectivity index (χ0n) is 15.1. The second-order valence-corrected chi connectivity index (χ2v) is 9.82. The summed E-state index contributed by atoms with van der Waals surface area (Å²) in [4.78, 5) is 6.82. The Morgan fingerprint density at radius 1 is 1.04 bits per heavy atom. The first kappa shape index (κ1) is 17.6. The highest BCUT2D eigenvalue weighted by atomic mass is 32.2. The van der Waals surface area contributed by atoms with Crippen molar-refractivity contribution in [1.29, 1.82) is 0 Å². The zero-order chi connectivity index (χ0) is 18.2.